The molecule has 0 saturated carbocycles. The predicted octanol–water partition coefficient (Wildman–Crippen LogP) is 3.12. The van der Waals surface area contributed by atoms with Gasteiger partial charge in [-0.2, -0.15) is 0 Å². The molecule has 0 bridgehead atoms. The standard InChI is InChI=1S/C19H21NO6/c1-12-5-4-6-13(9-12)26-8-7-18(21)20-15-11-17(25-3)16(24-2)10-14(15)19(22)23/h4-6,9-11H,7-8H2,1-3H3,(H,20,21)(H,22,23). The van der Waals surface area contributed by atoms with Crippen LogP contribution in [-0.2, 0) is 4.79 Å². The summed E-state index contributed by atoms with van der Waals surface area (Å²) in [6.45, 7) is 2.12. The van der Waals surface area contributed by atoms with Gasteiger partial charge in [0.2, 0.25) is 5.91 Å². The van der Waals surface area contributed by atoms with E-state index in [4.69, 9.17) is 14.2 Å². The lowest BCUT2D eigenvalue weighted by Crippen LogP contribution is -2.17. The predicted molar refractivity (Wildman–Crippen MR) is 96.4 cm³/mol. The number of anilines is 1. The first-order valence-corrected chi connectivity index (χ1v) is 7.93. The van der Waals surface area contributed by atoms with Crippen molar-refractivity contribution in [2.45, 2.75) is 13.3 Å². The fourth-order valence-electron chi connectivity index (χ4n) is 2.34. The summed E-state index contributed by atoms with van der Waals surface area (Å²) >= 11 is 0. The number of carbonyl (C=O) groups excluding carboxylic acids is 1. The molecule has 0 aliphatic heterocycles. The number of methoxy groups -OCH3 is 2. The van der Waals surface area contributed by atoms with Gasteiger partial charge in [-0.3, -0.25) is 4.79 Å². The van der Waals surface area contributed by atoms with Crippen molar-refractivity contribution >= 4 is 17.6 Å². The fourth-order valence-corrected chi connectivity index (χ4v) is 2.34. The summed E-state index contributed by atoms with van der Waals surface area (Å²) < 4.78 is 15.8. The molecule has 2 N–H and O–H groups in total. The zero-order valence-corrected chi connectivity index (χ0v) is 14.9. The van der Waals surface area contributed by atoms with E-state index in [9.17, 15) is 14.7 Å². The smallest absolute Gasteiger partial charge is 0.337 e. The monoisotopic (exact) mass is 359 g/mol. The van der Waals surface area contributed by atoms with Crippen LogP contribution in [0.3, 0.4) is 0 Å². The maximum Gasteiger partial charge on any atom is 0.337 e. The highest BCUT2D eigenvalue weighted by Gasteiger charge is 2.18. The number of rotatable bonds is 8. The Balaban J connectivity index is 2.04. The number of aryl methyl sites for hydroxylation is 1. The average molecular weight is 359 g/mol. The largest absolute Gasteiger partial charge is 0.493 e. The molecule has 1 amide bonds. The summed E-state index contributed by atoms with van der Waals surface area (Å²) in [6, 6.07) is 10.2. The first-order valence-electron chi connectivity index (χ1n) is 7.93. The van der Waals surface area contributed by atoms with E-state index >= 15 is 0 Å². The lowest BCUT2D eigenvalue weighted by Gasteiger charge is -2.14. The summed E-state index contributed by atoms with van der Waals surface area (Å²) in [5.41, 5.74) is 1.11. The van der Waals surface area contributed by atoms with Crippen LogP contribution in [0.15, 0.2) is 36.4 Å². The molecular formula is C19H21NO6. The molecule has 0 saturated heterocycles. The van der Waals surface area contributed by atoms with E-state index in [-0.39, 0.29) is 35.9 Å². The summed E-state index contributed by atoms with van der Waals surface area (Å²) in [4.78, 5) is 23.6. The Labute approximate surface area is 151 Å². The Morgan fingerprint density at radius 3 is 2.38 bits per heavy atom. The van der Waals surface area contributed by atoms with Crippen LogP contribution in [0.2, 0.25) is 0 Å². The summed E-state index contributed by atoms with van der Waals surface area (Å²) in [5.74, 6) is -0.283. The first kappa shape index (κ1) is 19.1. The van der Waals surface area contributed by atoms with Crippen molar-refractivity contribution in [1.82, 2.24) is 0 Å². The number of amides is 1. The number of carboxylic acids is 1. The summed E-state index contributed by atoms with van der Waals surface area (Å²) in [7, 11) is 2.84. The lowest BCUT2D eigenvalue weighted by molar-refractivity contribution is -0.116. The number of benzene rings is 2. The molecule has 7 nitrogen and oxygen atoms in total. The topological polar surface area (TPSA) is 94.1 Å². The van der Waals surface area contributed by atoms with Crippen molar-refractivity contribution in [3.05, 3.63) is 47.5 Å². The highest BCUT2D eigenvalue weighted by atomic mass is 16.5. The Bertz CT molecular complexity index is 803. The first-order chi connectivity index (χ1) is 12.4. The Morgan fingerprint density at radius 1 is 1.08 bits per heavy atom. The van der Waals surface area contributed by atoms with Gasteiger partial charge in [0.1, 0.15) is 5.75 Å². The molecule has 2 rings (SSSR count). The molecule has 0 unspecified atom stereocenters. The second-order valence-electron chi connectivity index (χ2n) is 5.52. The van der Waals surface area contributed by atoms with Gasteiger partial charge >= 0.3 is 5.97 Å². The normalized spacial score (nSPS) is 10.1. The minimum Gasteiger partial charge on any atom is -0.493 e. The number of hydrogen-bond acceptors (Lipinski definition) is 5. The molecule has 2 aromatic rings. The molecule has 7 heteroatoms. The van der Waals surface area contributed by atoms with E-state index in [0.29, 0.717) is 11.5 Å². The summed E-state index contributed by atoms with van der Waals surface area (Å²) in [6.07, 6.45) is 0.0708. The van der Waals surface area contributed by atoms with Crippen molar-refractivity contribution in [2.75, 3.05) is 26.1 Å². The Hall–Kier alpha value is -3.22. The minimum absolute atomic E-state index is 0.0708. The fraction of sp³-hybridized carbons (Fsp3) is 0.263. The van der Waals surface area contributed by atoms with Crippen LogP contribution in [0, 0.1) is 6.92 Å². The van der Waals surface area contributed by atoms with Gasteiger partial charge in [-0.1, -0.05) is 12.1 Å². The van der Waals surface area contributed by atoms with E-state index in [1.165, 1.54) is 26.4 Å². The number of ether oxygens (including phenoxy) is 3. The molecule has 0 aliphatic rings. The second-order valence-corrected chi connectivity index (χ2v) is 5.52. The highest BCUT2D eigenvalue weighted by Crippen LogP contribution is 2.33. The van der Waals surface area contributed by atoms with Crippen molar-refractivity contribution in [1.29, 1.82) is 0 Å². The third-order valence-electron chi connectivity index (χ3n) is 3.62. The Kier molecular flexibility index (Phi) is 6.43. The average Bonchev–Trinajstić information content (AvgIpc) is 2.61. The highest BCUT2D eigenvalue weighted by molar-refractivity contribution is 6.01. The second kappa shape index (κ2) is 8.75. The van der Waals surface area contributed by atoms with Crippen LogP contribution in [0.1, 0.15) is 22.3 Å². The molecule has 0 radical (unpaired) electrons. The molecule has 0 aromatic heterocycles. The van der Waals surface area contributed by atoms with Gasteiger partial charge in [-0.25, -0.2) is 4.79 Å². The van der Waals surface area contributed by atoms with Crippen LogP contribution in [0.4, 0.5) is 5.69 Å². The van der Waals surface area contributed by atoms with Crippen LogP contribution in [-0.4, -0.2) is 37.8 Å². The van der Waals surface area contributed by atoms with Gasteiger partial charge in [0.05, 0.1) is 38.5 Å². The van der Waals surface area contributed by atoms with Crippen molar-refractivity contribution in [2.24, 2.45) is 0 Å². The van der Waals surface area contributed by atoms with Crippen molar-refractivity contribution in [3.8, 4) is 17.2 Å². The number of hydrogen-bond donors (Lipinski definition) is 2. The van der Waals surface area contributed by atoms with Crippen molar-refractivity contribution in [3.63, 3.8) is 0 Å². The maximum atomic E-state index is 12.1. The minimum atomic E-state index is -1.18. The van der Waals surface area contributed by atoms with E-state index in [2.05, 4.69) is 5.32 Å². The molecular weight excluding hydrogens is 338 g/mol. The van der Waals surface area contributed by atoms with Crippen LogP contribution in [0.5, 0.6) is 17.2 Å². The van der Waals surface area contributed by atoms with Gasteiger partial charge in [0.15, 0.2) is 11.5 Å². The lowest BCUT2D eigenvalue weighted by atomic mass is 10.1. The maximum absolute atomic E-state index is 12.1. The van der Waals surface area contributed by atoms with Gasteiger partial charge < -0.3 is 24.6 Å². The zero-order chi connectivity index (χ0) is 19.1. The van der Waals surface area contributed by atoms with Gasteiger partial charge in [0, 0.05) is 12.1 Å². The molecule has 26 heavy (non-hydrogen) atoms. The molecule has 2 aromatic carbocycles. The molecule has 0 heterocycles. The molecule has 0 aliphatic carbocycles. The molecule has 0 spiro atoms. The summed E-state index contributed by atoms with van der Waals surface area (Å²) in [5, 5.41) is 11.9. The van der Waals surface area contributed by atoms with Gasteiger partial charge in [0.25, 0.3) is 0 Å². The Morgan fingerprint density at radius 2 is 1.77 bits per heavy atom. The third kappa shape index (κ3) is 4.89. The zero-order valence-electron chi connectivity index (χ0n) is 14.9. The van der Waals surface area contributed by atoms with Crippen molar-refractivity contribution < 1.29 is 28.9 Å². The SMILES string of the molecule is COc1cc(NC(=O)CCOc2cccc(C)c2)c(C(=O)O)cc1OC. The van der Waals surface area contributed by atoms with Gasteiger partial charge in [-0.05, 0) is 24.6 Å². The third-order valence-corrected chi connectivity index (χ3v) is 3.62. The van der Waals surface area contributed by atoms with Crippen LogP contribution < -0.4 is 19.5 Å². The number of nitrogens with one attached hydrogen (secondary N) is 1. The van der Waals surface area contributed by atoms with E-state index in [1.54, 1.807) is 0 Å². The number of aromatic carboxylic acids is 1. The molecule has 0 atom stereocenters. The quantitative estimate of drug-likeness (QED) is 0.752. The van der Waals surface area contributed by atoms with Crippen LogP contribution in [0.25, 0.3) is 0 Å². The molecule has 138 valence electrons. The van der Waals surface area contributed by atoms with Gasteiger partial charge in [-0.15, -0.1) is 0 Å². The van der Waals surface area contributed by atoms with E-state index in [1.807, 2.05) is 31.2 Å². The molecule has 0 fully saturated rings. The van der Waals surface area contributed by atoms with Crippen LogP contribution >= 0.6 is 0 Å². The van der Waals surface area contributed by atoms with E-state index < -0.39 is 5.97 Å². The number of carbonyl (C=O) groups is 2. The number of carboxylic acid groups (broad SMARTS) is 1. The van der Waals surface area contributed by atoms with E-state index in [0.717, 1.165) is 5.56 Å².